The molecule has 0 aliphatic carbocycles. The molecule has 0 rings (SSSR count). The van der Waals surface area contributed by atoms with Gasteiger partial charge in [0.05, 0.1) is 0 Å². The Morgan fingerprint density at radius 1 is 1.20 bits per heavy atom. The molecule has 0 spiro atoms. The fourth-order valence-corrected chi connectivity index (χ4v) is 0.212. The average molecular weight is 147 g/mol. The molecule has 0 radical (unpaired) electrons. The summed E-state index contributed by atoms with van der Waals surface area (Å²) in [7, 11) is 1.41. The molecule has 0 atom stereocenters. The molecule has 0 bridgehead atoms. The summed E-state index contributed by atoms with van der Waals surface area (Å²) in [6.45, 7) is 0. The molecular weight excluding hydrogens is 138 g/mol. The second kappa shape index (κ2) is 4.39. The van der Waals surface area contributed by atoms with Crippen molar-refractivity contribution in [1.29, 1.82) is 0 Å². The summed E-state index contributed by atoms with van der Waals surface area (Å²) in [5, 5.41) is 2.21. The van der Waals surface area contributed by atoms with E-state index in [0.717, 1.165) is 0 Å². The molecule has 0 aromatic carbocycles. The van der Waals surface area contributed by atoms with Crippen molar-refractivity contribution in [2.75, 3.05) is 7.05 Å². The van der Waals surface area contributed by atoms with Gasteiger partial charge in [0.1, 0.15) is 0 Å². The van der Waals surface area contributed by atoms with Crippen molar-refractivity contribution in [1.82, 2.24) is 21.6 Å². The normalized spacial score (nSPS) is 7.80. The van der Waals surface area contributed by atoms with Gasteiger partial charge >= 0.3 is 12.1 Å². The third-order valence-corrected chi connectivity index (χ3v) is 0.648. The number of carbonyl (C=O) groups is 2. The van der Waals surface area contributed by atoms with Gasteiger partial charge in [-0.15, -0.1) is 0 Å². The molecule has 0 heterocycles. The third-order valence-electron chi connectivity index (χ3n) is 0.648. The molecule has 0 saturated heterocycles. The number of nitrogens with two attached hydrogens (primary N) is 1. The Kier molecular flexibility index (Phi) is 3.73. The summed E-state index contributed by atoms with van der Waals surface area (Å²) in [6, 6.07) is -1.22. The maximum atomic E-state index is 10.3. The van der Waals surface area contributed by atoms with E-state index in [1.165, 1.54) is 7.05 Å². The summed E-state index contributed by atoms with van der Waals surface area (Å²) < 4.78 is 0. The lowest BCUT2D eigenvalue weighted by molar-refractivity contribution is 0.225. The lowest BCUT2D eigenvalue weighted by Gasteiger charge is -2.04. The lowest BCUT2D eigenvalue weighted by Crippen LogP contribution is -2.51. The highest BCUT2D eigenvalue weighted by molar-refractivity contribution is 5.79. The molecule has 0 unspecified atom stereocenters. The smallest absolute Gasteiger partial charge is 0.340 e. The number of carbonyl (C=O) groups excluding carboxylic acids is 2. The molecule has 0 aromatic rings. The molecule has 0 aromatic heterocycles. The van der Waals surface area contributed by atoms with E-state index in [-0.39, 0.29) is 0 Å². The Labute approximate surface area is 57.3 Å². The summed E-state index contributed by atoms with van der Waals surface area (Å²) >= 11 is 0. The maximum absolute atomic E-state index is 10.3. The van der Waals surface area contributed by atoms with E-state index in [4.69, 9.17) is 0 Å². The molecule has 7 nitrogen and oxygen atoms in total. The Balaban J connectivity index is 3.35. The number of nitrogens with one attached hydrogen (secondary N) is 4. The Morgan fingerprint density at radius 2 is 1.70 bits per heavy atom. The van der Waals surface area contributed by atoms with Crippen molar-refractivity contribution in [3.8, 4) is 0 Å². The highest BCUT2D eigenvalue weighted by Gasteiger charge is 1.96. The summed E-state index contributed by atoms with van der Waals surface area (Å²) in [5.74, 6) is 4.67. The highest BCUT2D eigenvalue weighted by Crippen LogP contribution is 1.56. The van der Waals surface area contributed by atoms with E-state index < -0.39 is 12.1 Å². The van der Waals surface area contributed by atoms with E-state index in [1.54, 1.807) is 5.43 Å². The second-order valence-corrected chi connectivity index (χ2v) is 1.30. The number of hydrogen-bond acceptors (Lipinski definition) is 3. The molecule has 4 amide bonds. The first-order valence-corrected chi connectivity index (χ1v) is 2.45. The predicted octanol–water partition coefficient (Wildman–Crippen LogP) is -2.00. The van der Waals surface area contributed by atoms with Gasteiger partial charge in [0.25, 0.3) is 0 Å². The summed E-state index contributed by atoms with van der Waals surface area (Å²) in [6.07, 6.45) is 0. The van der Waals surface area contributed by atoms with Gasteiger partial charge < -0.3 is 5.32 Å². The number of rotatable bonds is 0. The van der Waals surface area contributed by atoms with E-state index in [9.17, 15) is 9.59 Å². The van der Waals surface area contributed by atoms with Crippen molar-refractivity contribution in [2.24, 2.45) is 5.84 Å². The SMILES string of the molecule is CNC(=O)NNC(=O)NN. The quantitative estimate of drug-likeness (QED) is 0.155. The van der Waals surface area contributed by atoms with Crippen LogP contribution >= 0.6 is 0 Å². The Hall–Kier alpha value is -1.50. The molecule has 7 heteroatoms. The van der Waals surface area contributed by atoms with Gasteiger partial charge in [-0.2, -0.15) is 0 Å². The largest absolute Gasteiger partial charge is 0.347 e. The summed E-state index contributed by atoms with van der Waals surface area (Å²) in [4.78, 5) is 20.6. The van der Waals surface area contributed by atoms with Crippen LogP contribution in [0.4, 0.5) is 9.59 Å². The summed E-state index contributed by atoms with van der Waals surface area (Å²) in [5.41, 5.74) is 5.69. The molecule has 0 aliphatic rings. The Morgan fingerprint density at radius 3 is 2.10 bits per heavy atom. The lowest BCUT2D eigenvalue weighted by atomic mass is 11.0. The van der Waals surface area contributed by atoms with Crippen LogP contribution in [-0.4, -0.2) is 19.1 Å². The highest BCUT2D eigenvalue weighted by atomic mass is 16.2. The van der Waals surface area contributed by atoms with Crippen molar-refractivity contribution in [3.05, 3.63) is 0 Å². The van der Waals surface area contributed by atoms with Crippen LogP contribution in [0.1, 0.15) is 0 Å². The molecule has 58 valence electrons. The predicted molar refractivity (Wildman–Crippen MR) is 33.4 cm³/mol. The van der Waals surface area contributed by atoms with Gasteiger partial charge in [0, 0.05) is 7.05 Å². The van der Waals surface area contributed by atoms with Gasteiger partial charge in [0.2, 0.25) is 0 Å². The number of amides is 4. The van der Waals surface area contributed by atoms with Gasteiger partial charge in [-0.3, -0.25) is 5.43 Å². The number of urea groups is 2. The van der Waals surface area contributed by atoms with Crippen LogP contribution in [0.15, 0.2) is 0 Å². The van der Waals surface area contributed by atoms with Crippen molar-refractivity contribution >= 4 is 12.1 Å². The van der Waals surface area contributed by atoms with Gasteiger partial charge in [-0.1, -0.05) is 0 Å². The minimum Gasteiger partial charge on any atom is -0.340 e. The number of hydrogen-bond donors (Lipinski definition) is 5. The monoisotopic (exact) mass is 147 g/mol. The molecule has 10 heavy (non-hydrogen) atoms. The minimum atomic E-state index is -0.691. The van der Waals surface area contributed by atoms with Gasteiger partial charge in [-0.25, -0.2) is 26.3 Å². The Bertz CT molecular complexity index is 119. The van der Waals surface area contributed by atoms with E-state index >= 15 is 0 Å². The average Bonchev–Trinajstić information content (AvgIpc) is 1.99. The first kappa shape index (κ1) is 8.50. The minimum absolute atomic E-state index is 0.524. The third kappa shape index (κ3) is 3.50. The second-order valence-electron chi connectivity index (χ2n) is 1.30. The van der Waals surface area contributed by atoms with Gasteiger partial charge in [-0.05, 0) is 0 Å². The van der Waals surface area contributed by atoms with Crippen LogP contribution in [-0.2, 0) is 0 Å². The molecule has 0 fully saturated rings. The molecule has 6 N–H and O–H groups in total. The van der Waals surface area contributed by atoms with Gasteiger partial charge in [0.15, 0.2) is 0 Å². The number of hydrazine groups is 2. The first-order chi connectivity index (χ1) is 4.70. The van der Waals surface area contributed by atoms with E-state index in [0.29, 0.717) is 0 Å². The first-order valence-electron chi connectivity index (χ1n) is 2.45. The van der Waals surface area contributed by atoms with Crippen LogP contribution in [0.5, 0.6) is 0 Å². The zero-order valence-corrected chi connectivity index (χ0v) is 5.39. The van der Waals surface area contributed by atoms with Crippen LogP contribution in [0, 0.1) is 0 Å². The fraction of sp³-hybridized carbons (Fsp3) is 0.333. The fourth-order valence-electron chi connectivity index (χ4n) is 0.212. The van der Waals surface area contributed by atoms with E-state index in [1.807, 2.05) is 10.9 Å². The zero-order chi connectivity index (χ0) is 7.98. The van der Waals surface area contributed by atoms with Crippen LogP contribution in [0.25, 0.3) is 0 Å². The maximum Gasteiger partial charge on any atom is 0.347 e. The topological polar surface area (TPSA) is 108 Å². The van der Waals surface area contributed by atoms with E-state index in [2.05, 4.69) is 11.2 Å². The van der Waals surface area contributed by atoms with Crippen molar-refractivity contribution in [3.63, 3.8) is 0 Å². The van der Waals surface area contributed by atoms with Crippen LogP contribution in [0.3, 0.4) is 0 Å². The van der Waals surface area contributed by atoms with Crippen molar-refractivity contribution in [2.45, 2.75) is 0 Å². The van der Waals surface area contributed by atoms with Crippen molar-refractivity contribution < 1.29 is 9.59 Å². The van der Waals surface area contributed by atoms with Crippen LogP contribution < -0.4 is 27.4 Å². The zero-order valence-electron chi connectivity index (χ0n) is 5.39. The molecular formula is C3H9N5O2. The van der Waals surface area contributed by atoms with Crippen LogP contribution in [0.2, 0.25) is 0 Å². The molecule has 0 saturated carbocycles. The molecule has 0 aliphatic heterocycles. The standard InChI is InChI=1S/C3H9N5O2/c1-5-2(9)7-8-3(10)6-4/h4H2,1H3,(H2,5,7,9)(H2,6,8,10).